The standard InChI is InChI=1S/C18H19N3O3S2/c1-4-5-8-25-18-21-20-17(26-18)19-16(23)14-9-13(22)12-7-6-10(2)11(3)15(12)24-14/h6-7,9H,4-5,8H2,1-3H3,(H,19,20,23). The molecule has 0 atom stereocenters. The highest BCUT2D eigenvalue weighted by Crippen LogP contribution is 2.27. The molecule has 0 radical (unpaired) electrons. The van der Waals surface area contributed by atoms with Crippen LogP contribution in [-0.4, -0.2) is 21.9 Å². The van der Waals surface area contributed by atoms with Gasteiger partial charge < -0.3 is 4.42 Å². The fourth-order valence-electron chi connectivity index (χ4n) is 2.34. The van der Waals surface area contributed by atoms with Gasteiger partial charge >= 0.3 is 0 Å². The van der Waals surface area contributed by atoms with Crippen molar-refractivity contribution in [1.29, 1.82) is 0 Å². The number of amides is 1. The van der Waals surface area contributed by atoms with E-state index >= 15 is 0 Å². The van der Waals surface area contributed by atoms with Crippen LogP contribution in [0.3, 0.4) is 0 Å². The number of hydrogen-bond donors (Lipinski definition) is 1. The third-order valence-electron chi connectivity index (χ3n) is 3.99. The molecular formula is C18H19N3O3S2. The highest BCUT2D eigenvalue weighted by Gasteiger charge is 2.16. The van der Waals surface area contributed by atoms with Gasteiger partial charge in [0, 0.05) is 11.8 Å². The second-order valence-electron chi connectivity index (χ2n) is 5.89. The van der Waals surface area contributed by atoms with Gasteiger partial charge in [0.1, 0.15) is 5.58 Å². The summed E-state index contributed by atoms with van der Waals surface area (Å²) < 4.78 is 6.52. The molecule has 1 N–H and O–H groups in total. The molecule has 8 heteroatoms. The fraction of sp³-hybridized carbons (Fsp3) is 0.333. The number of carbonyl (C=O) groups excluding carboxylic acids is 1. The second-order valence-corrected chi connectivity index (χ2v) is 8.21. The molecule has 0 unspecified atom stereocenters. The lowest BCUT2D eigenvalue weighted by atomic mass is 10.1. The van der Waals surface area contributed by atoms with E-state index in [2.05, 4.69) is 22.4 Å². The Morgan fingerprint density at radius 3 is 2.88 bits per heavy atom. The van der Waals surface area contributed by atoms with E-state index in [-0.39, 0.29) is 11.2 Å². The van der Waals surface area contributed by atoms with E-state index in [1.54, 1.807) is 17.8 Å². The van der Waals surface area contributed by atoms with E-state index in [0.717, 1.165) is 34.1 Å². The Labute approximate surface area is 159 Å². The van der Waals surface area contributed by atoms with E-state index in [9.17, 15) is 9.59 Å². The molecule has 0 saturated heterocycles. The van der Waals surface area contributed by atoms with Crippen LogP contribution in [0.5, 0.6) is 0 Å². The molecule has 0 fully saturated rings. The number of hydrogen-bond acceptors (Lipinski definition) is 7. The summed E-state index contributed by atoms with van der Waals surface area (Å²) in [6.07, 6.45) is 2.22. The summed E-state index contributed by atoms with van der Waals surface area (Å²) in [6, 6.07) is 4.80. The Bertz CT molecular complexity index is 1010. The lowest BCUT2D eigenvalue weighted by molar-refractivity contribution is 0.0997. The third-order valence-corrected chi connectivity index (χ3v) is 6.05. The second kappa shape index (κ2) is 8.01. The van der Waals surface area contributed by atoms with Gasteiger partial charge in [0.15, 0.2) is 15.5 Å². The lowest BCUT2D eigenvalue weighted by Gasteiger charge is -2.06. The molecule has 2 heterocycles. The Kier molecular flexibility index (Phi) is 5.73. The third kappa shape index (κ3) is 3.96. The number of thioether (sulfide) groups is 1. The van der Waals surface area contributed by atoms with Crippen LogP contribution in [0.4, 0.5) is 5.13 Å². The van der Waals surface area contributed by atoms with E-state index < -0.39 is 5.91 Å². The van der Waals surface area contributed by atoms with Crippen LogP contribution in [-0.2, 0) is 0 Å². The highest BCUT2D eigenvalue weighted by atomic mass is 32.2. The summed E-state index contributed by atoms with van der Waals surface area (Å²) >= 11 is 2.93. The quantitative estimate of drug-likeness (QED) is 0.382. The molecule has 3 aromatic rings. The van der Waals surface area contributed by atoms with Crippen molar-refractivity contribution in [1.82, 2.24) is 10.2 Å². The zero-order valence-corrected chi connectivity index (χ0v) is 16.4. The molecule has 1 amide bonds. The van der Waals surface area contributed by atoms with Crippen LogP contribution >= 0.6 is 23.1 Å². The maximum atomic E-state index is 12.5. The average Bonchev–Trinajstić information content (AvgIpc) is 3.05. The average molecular weight is 390 g/mol. The van der Waals surface area contributed by atoms with Gasteiger partial charge in [-0.1, -0.05) is 42.5 Å². The number of rotatable bonds is 6. The normalized spacial score (nSPS) is 11.0. The minimum Gasteiger partial charge on any atom is -0.450 e. The number of nitrogens with zero attached hydrogens (tertiary/aromatic N) is 2. The van der Waals surface area contributed by atoms with Gasteiger partial charge in [-0.2, -0.15) is 0 Å². The predicted molar refractivity (Wildman–Crippen MR) is 105 cm³/mol. The monoisotopic (exact) mass is 389 g/mol. The van der Waals surface area contributed by atoms with Crippen molar-refractivity contribution in [3.8, 4) is 0 Å². The van der Waals surface area contributed by atoms with Crippen molar-refractivity contribution in [3.05, 3.63) is 45.3 Å². The summed E-state index contributed by atoms with van der Waals surface area (Å²) in [4.78, 5) is 24.8. The Balaban J connectivity index is 1.82. The van der Waals surface area contributed by atoms with E-state index in [4.69, 9.17) is 4.42 Å². The van der Waals surface area contributed by atoms with Crippen LogP contribution in [0.15, 0.2) is 31.8 Å². The molecule has 0 aliphatic rings. The Hall–Kier alpha value is -2.19. The number of aromatic nitrogens is 2. The number of unbranched alkanes of at least 4 members (excludes halogenated alkanes) is 1. The first-order valence-corrected chi connectivity index (χ1v) is 10.1. The topological polar surface area (TPSA) is 85.1 Å². The molecule has 136 valence electrons. The van der Waals surface area contributed by atoms with Crippen LogP contribution in [0.1, 0.15) is 41.4 Å². The maximum absolute atomic E-state index is 12.5. The minimum absolute atomic E-state index is 0.0356. The first kappa shape index (κ1) is 18.6. The molecule has 2 aromatic heterocycles. The Morgan fingerprint density at radius 2 is 2.12 bits per heavy atom. The largest absolute Gasteiger partial charge is 0.450 e. The van der Waals surface area contributed by atoms with Crippen LogP contribution in [0, 0.1) is 13.8 Å². The van der Waals surface area contributed by atoms with Crippen LogP contribution < -0.4 is 10.7 Å². The van der Waals surface area contributed by atoms with Gasteiger partial charge in [-0.15, -0.1) is 10.2 Å². The van der Waals surface area contributed by atoms with Gasteiger partial charge in [0.25, 0.3) is 5.91 Å². The van der Waals surface area contributed by atoms with Crippen molar-refractivity contribution < 1.29 is 9.21 Å². The molecule has 0 aliphatic carbocycles. The number of benzene rings is 1. The van der Waals surface area contributed by atoms with Crippen molar-refractivity contribution in [2.45, 2.75) is 38.0 Å². The number of aryl methyl sites for hydroxylation is 2. The summed E-state index contributed by atoms with van der Waals surface area (Å²) in [5, 5.41) is 11.5. The number of fused-ring (bicyclic) bond motifs is 1. The number of carbonyl (C=O) groups is 1. The fourth-order valence-corrected chi connectivity index (χ4v) is 4.25. The predicted octanol–water partition coefficient (Wildman–Crippen LogP) is 4.41. The SMILES string of the molecule is CCCCSc1nnc(NC(=O)c2cc(=O)c3ccc(C)c(C)c3o2)s1. The van der Waals surface area contributed by atoms with Gasteiger partial charge in [-0.3, -0.25) is 14.9 Å². The van der Waals surface area contributed by atoms with E-state index in [1.165, 1.54) is 17.4 Å². The molecule has 3 rings (SSSR count). The number of nitrogens with one attached hydrogen (secondary N) is 1. The molecule has 26 heavy (non-hydrogen) atoms. The molecule has 6 nitrogen and oxygen atoms in total. The first-order valence-electron chi connectivity index (χ1n) is 8.31. The van der Waals surface area contributed by atoms with Gasteiger partial charge in [0.05, 0.1) is 5.39 Å². The molecule has 1 aromatic carbocycles. The molecule has 0 bridgehead atoms. The van der Waals surface area contributed by atoms with E-state index in [0.29, 0.717) is 16.1 Å². The number of anilines is 1. The zero-order chi connectivity index (χ0) is 18.7. The van der Waals surface area contributed by atoms with Gasteiger partial charge in [-0.05, 0) is 37.5 Å². The Morgan fingerprint density at radius 1 is 1.31 bits per heavy atom. The van der Waals surface area contributed by atoms with Crippen LogP contribution in [0.25, 0.3) is 11.0 Å². The highest BCUT2D eigenvalue weighted by molar-refractivity contribution is 8.01. The molecule has 0 aliphatic heterocycles. The summed E-state index contributed by atoms with van der Waals surface area (Å²) in [5.74, 6) is 0.426. The minimum atomic E-state index is -0.508. The zero-order valence-electron chi connectivity index (χ0n) is 14.8. The smallest absolute Gasteiger partial charge is 0.293 e. The lowest BCUT2D eigenvalue weighted by Crippen LogP contribution is -2.15. The van der Waals surface area contributed by atoms with Crippen molar-refractivity contribution in [2.75, 3.05) is 11.1 Å². The molecule has 0 spiro atoms. The van der Waals surface area contributed by atoms with Crippen molar-refractivity contribution in [2.24, 2.45) is 0 Å². The van der Waals surface area contributed by atoms with Crippen molar-refractivity contribution in [3.63, 3.8) is 0 Å². The summed E-state index contributed by atoms with van der Waals surface area (Å²) in [6.45, 7) is 5.93. The summed E-state index contributed by atoms with van der Waals surface area (Å²) in [7, 11) is 0. The van der Waals surface area contributed by atoms with Crippen LogP contribution in [0.2, 0.25) is 0 Å². The summed E-state index contributed by atoms with van der Waals surface area (Å²) in [5.41, 5.74) is 2.04. The molecular weight excluding hydrogens is 370 g/mol. The van der Waals surface area contributed by atoms with Gasteiger partial charge in [0.2, 0.25) is 5.13 Å². The van der Waals surface area contributed by atoms with E-state index in [1.807, 2.05) is 19.9 Å². The molecule has 0 saturated carbocycles. The van der Waals surface area contributed by atoms with Crippen molar-refractivity contribution >= 4 is 45.1 Å². The van der Waals surface area contributed by atoms with Gasteiger partial charge in [-0.25, -0.2) is 0 Å². The first-order chi connectivity index (χ1) is 12.5. The maximum Gasteiger partial charge on any atom is 0.293 e.